The summed E-state index contributed by atoms with van der Waals surface area (Å²) >= 11 is 0. The minimum Gasteiger partial charge on any atom is -0.373 e. The van der Waals surface area contributed by atoms with Gasteiger partial charge in [0, 0.05) is 25.1 Å². The summed E-state index contributed by atoms with van der Waals surface area (Å²) in [6.07, 6.45) is 6.68. The molecule has 2 aliphatic rings. The molecule has 116 valence electrons. The summed E-state index contributed by atoms with van der Waals surface area (Å²) in [6, 6.07) is 9.95. The fraction of sp³-hybridized carbons (Fsp3) is 0.684. The third-order valence-electron chi connectivity index (χ3n) is 4.64. The highest BCUT2D eigenvalue weighted by molar-refractivity contribution is 5.25. The summed E-state index contributed by atoms with van der Waals surface area (Å²) in [5.41, 5.74) is 2.81. The molecule has 0 spiro atoms. The van der Waals surface area contributed by atoms with Gasteiger partial charge < -0.3 is 10.1 Å². The van der Waals surface area contributed by atoms with Crippen LogP contribution in [-0.2, 0) is 11.2 Å². The molecule has 1 saturated carbocycles. The van der Waals surface area contributed by atoms with Gasteiger partial charge in [-0.1, -0.05) is 38.1 Å². The van der Waals surface area contributed by atoms with Crippen LogP contribution in [0.25, 0.3) is 0 Å². The molecule has 1 heterocycles. The predicted molar refractivity (Wildman–Crippen MR) is 87.4 cm³/mol. The van der Waals surface area contributed by atoms with E-state index in [1.165, 1.54) is 43.2 Å². The van der Waals surface area contributed by atoms with Gasteiger partial charge in [0.2, 0.25) is 0 Å². The second-order valence-corrected chi connectivity index (χ2v) is 7.22. The van der Waals surface area contributed by atoms with Gasteiger partial charge in [-0.05, 0) is 49.1 Å². The van der Waals surface area contributed by atoms with Crippen molar-refractivity contribution < 1.29 is 4.74 Å². The van der Waals surface area contributed by atoms with Crippen LogP contribution < -0.4 is 5.32 Å². The molecule has 3 rings (SSSR count). The fourth-order valence-electron chi connectivity index (χ4n) is 3.34. The van der Waals surface area contributed by atoms with E-state index in [1.807, 2.05) is 0 Å². The van der Waals surface area contributed by atoms with E-state index in [-0.39, 0.29) is 6.10 Å². The van der Waals surface area contributed by atoms with Crippen molar-refractivity contribution in [3.05, 3.63) is 35.4 Å². The molecule has 1 N–H and O–H groups in total. The molecule has 1 aromatic rings. The van der Waals surface area contributed by atoms with E-state index in [0.29, 0.717) is 5.92 Å². The van der Waals surface area contributed by atoms with E-state index in [4.69, 9.17) is 4.74 Å². The lowest BCUT2D eigenvalue weighted by atomic mass is 9.88. The quantitative estimate of drug-likeness (QED) is 0.850. The highest BCUT2D eigenvalue weighted by Crippen LogP contribution is 2.34. The monoisotopic (exact) mass is 287 g/mol. The molecule has 1 saturated heterocycles. The summed E-state index contributed by atoms with van der Waals surface area (Å²) < 4.78 is 6.11. The zero-order valence-electron chi connectivity index (χ0n) is 13.5. The highest BCUT2D eigenvalue weighted by Gasteiger charge is 2.29. The van der Waals surface area contributed by atoms with Gasteiger partial charge in [0.1, 0.15) is 0 Å². The Morgan fingerprint density at radius 1 is 1.14 bits per heavy atom. The Morgan fingerprint density at radius 3 is 2.57 bits per heavy atom. The number of benzene rings is 1. The molecule has 21 heavy (non-hydrogen) atoms. The van der Waals surface area contributed by atoms with Crippen LogP contribution in [0, 0.1) is 11.8 Å². The van der Waals surface area contributed by atoms with E-state index in [1.54, 1.807) is 0 Å². The van der Waals surface area contributed by atoms with Gasteiger partial charge in [-0.15, -0.1) is 0 Å². The largest absolute Gasteiger partial charge is 0.373 e. The Hall–Kier alpha value is -0.860. The van der Waals surface area contributed by atoms with Crippen LogP contribution in [0.5, 0.6) is 0 Å². The first-order chi connectivity index (χ1) is 10.2. The molecule has 1 aliphatic carbocycles. The van der Waals surface area contributed by atoms with E-state index < -0.39 is 0 Å². The average molecular weight is 287 g/mol. The average Bonchev–Trinajstić information content (AvgIpc) is 3.30. The Kier molecular flexibility index (Phi) is 4.97. The molecule has 2 heteroatoms. The summed E-state index contributed by atoms with van der Waals surface area (Å²) in [5, 5.41) is 3.68. The van der Waals surface area contributed by atoms with Crippen molar-refractivity contribution in [3.63, 3.8) is 0 Å². The Bertz CT molecular complexity index is 435. The number of rotatable bonds is 6. The minimum absolute atomic E-state index is 0.290. The van der Waals surface area contributed by atoms with E-state index in [2.05, 4.69) is 43.4 Å². The van der Waals surface area contributed by atoms with Gasteiger partial charge in [0.25, 0.3) is 0 Å². The molecular formula is C19H29NO. The van der Waals surface area contributed by atoms with Gasteiger partial charge >= 0.3 is 0 Å². The van der Waals surface area contributed by atoms with Crippen LogP contribution in [0.4, 0.5) is 0 Å². The van der Waals surface area contributed by atoms with Gasteiger partial charge in [-0.3, -0.25) is 0 Å². The molecule has 0 radical (unpaired) electrons. The SMILES string of the molecule is CC(C)Cc1ccc(C2OCCCC2CNC2CC2)cc1. The highest BCUT2D eigenvalue weighted by atomic mass is 16.5. The normalized spacial score (nSPS) is 26.2. The first kappa shape index (κ1) is 15.1. The summed E-state index contributed by atoms with van der Waals surface area (Å²) in [4.78, 5) is 0. The lowest BCUT2D eigenvalue weighted by molar-refractivity contribution is -0.0278. The summed E-state index contributed by atoms with van der Waals surface area (Å²) in [7, 11) is 0. The number of nitrogens with one attached hydrogen (secondary N) is 1. The van der Waals surface area contributed by atoms with Crippen LogP contribution in [0.15, 0.2) is 24.3 Å². The maximum atomic E-state index is 6.11. The first-order valence-corrected chi connectivity index (χ1v) is 8.66. The van der Waals surface area contributed by atoms with Crippen molar-refractivity contribution in [1.29, 1.82) is 0 Å². The zero-order valence-corrected chi connectivity index (χ0v) is 13.5. The molecule has 2 fully saturated rings. The Labute approximate surface area is 129 Å². The van der Waals surface area contributed by atoms with E-state index >= 15 is 0 Å². The third-order valence-corrected chi connectivity index (χ3v) is 4.64. The van der Waals surface area contributed by atoms with Crippen LogP contribution >= 0.6 is 0 Å². The molecule has 1 aliphatic heterocycles. The van der Waals surface area contributed by atoms with Crippen molar-refractivity contribution in [2.24, 2.45) is 11.8 Å². The molecule has 2 atom stereocenters. The Balaban J connectivity index is 1.63. The number of hydrogen-bond donors (Lipinski definition) is 1. The number of hydrogen-bond acceptors (Lipinski definition) is 2. The smallest absolute Gasteiger partial charge is 0.0865 e. The molecule has 1 aromatic carbocycles. The summed E-state index contributed by atoms with van der Waals surface area (Å²) in [6.45, 7) is 6.58. The van der Waals surface area contributed by atoms with Crippen LogP contribution in [0.1, 0.15) is 56.8 Å². The topological polar surface area (TPSA) is 21.3 Å². The van der Waals surface area contributed by atoms with Crippen molar-refractivity contribution in [2.75, 3.05) is 13.2 Å². The minimum atomic E-state index is 0.290. The standard InChI is InChI=1S/C19H29NO/c1-14(2)12-15-5-7-16(8-6-15)19-17(4-3-11-21-19)13-20-18-9-10-18/h5-8,14,17-20H,3-4,9-13H2,1-2H3. The lowest BCUT2D eigenvalue weighted by Crippen LogP contribution is -2.32. The molecule has 0 amide bonds. The van der Waals surface area contributed by atoms with Crippen LogP contribution in [-0.4, -0.2) is 19.2 Å². The number of ether oxygens (including phenoxy) is 1. The molecule has 0 aromatic heterocycles. The molecule has 2 nitrogen and oxygen atoms in total. The zero-order chi connectivity index (χ0) is 14.7. The fourth-order valence-corrected chi connectivity index (χ4v) is 3.34. The van der Waals surface area contributed by atoms with Crippen LogP contribution in [0.2, 0.25) is 0 Å². The lowest BCUT2D eigenvalue weighted by Gasteiger charge is -2.32. The molecule has 0 bridgehead atoms. The maximum absolute atomic E-state index is 6.11. The first-order valence-electron chi connectivity index (χ1n) is 8.66. The van der Waals surface area contributed by atoms with Crippen LogP contribution in [0.3, 0.4) is 0 Å². The van der Waals surface area contributed by atoms with Gasteiger partial charge in [0.05, 0.1) is 6.10 Å². The van der Waals surface area contributed by atoms with Gasteiger partial charge in [0.15, 0.2) is 0 Å². The maximum Gasteiger partial charge on any atom is 0.0865 e. The summed E-state index contributed by atoms with van der Waals surface area (Å²) in [5.74, 6) is 1.35. The van der Waals surface area contributed by atoms with Crippen molar-refractivity contribution >= 4 is 0 Å². The van der Waals surface area contributed by atoms with Gasteiger partial charge in [-0.25, -0.2) is 0 Å². The predicted octanol–water partition coefficient (Wildman–Crippen LogP) is 4.10. The second kappa shape index (κ2) is 6.93. The molecule has 2 unspecified atom stereocenters. The van der Waals surface area contributed by atoms with Crippen molar-refractivity contribution in [1.82, 2.24) is 5.32 Å². The van der Waals surface area contributed by atoms with E-state index in [9.17, 15) is 0 Å². The van der Waals surface area contributed by atoms with E-state index in [0.717, 1.165) is 25.1 Å². The Morgan fingerprint density at radius 2 is 1.90 bits per heavy atom. The van der Waals surface area contributed by atoms with Gasteiger partial charge in [-0.2, -0.15) is 0 Å². The van der Waals surface area contributed by atoms with Crippen molar-refractivity contribution in [2.45, 2.75) is 58.1 Å². The van der Waals surface area contributed by atoms with Crippen molar-refractivity contribution in [3.8, 4) is 0 Å². The third kappa shape index (κ3) is 4.31. The molecular weight excluding hydrogens is 258 g/mol. The second-order valence-electron chi connectivity index (χ2n) is 7.22.